The van der Waals surface area contributed by atoms with Crippen LogP contribution in [0.4, 0.5) is 10.1 Å². The molecule has 2 amide bonds. The Morgan fingerprint density at radius 3 is 2.85 bits per heavy atom. The first kappa shape index (κ1) is 16.6. The number of pyridine rings is 2. The highest BCUT2D eigenvalue weighted by atomic mass is 19.1. The van der Waals surface area contributed by atoms with Gasteiger partial charge in [0.1, 0.15) is 0 Å². The van der Waals surface area contributed by atoms with Gasteiger partial charge in [-0.05, 0) is 37.5 Å². The molecule has 2 aliphatic heterocycles. The molecule has 0 bridgehead atoms. The SMILES string of the molecule is O=C(c1ccnc(F)c1)N1CCC[C@]2(CCN(c3cccnc3)C2=O)C1. The molecular weight excluding hydrogens is 335 g/mol. The number of piperidine rings is 1. The Morgan fingerprint density at radius 2 is 2.08 bits per heavy atom. The highest BCUT2D eigenvalue weighted by molar-refractivity contribution is 6.01. The molecule has 6 nitrogen and oxygen atoms in total. The zero-order valence-corrected chi connectivity index (χ0v) is 14.3. The van der Waals surface area contributed by atoms with E-state index < -0.39 is 11.4 Å². The van der Waals surface area contributed by atoms with E-state index in [4.69, 9.17) is 0 Å². The van der Waals surface area contributed by atoms with Crippen LogP contribution in [0.3, 0.4) is 0 Å². The van der Waals surface area contributed by atoms with Gasteiger partial charge in [-0.1, -0.05) is 0 Å². The van der Waals surface area contributed by atoms with Crippen molar-refractivity contribution in [2.24, 2.45) is 5.41 Å². The molecule has 4 rings (SSSR count). The lowest BCUT2D eigenvalue weighted by molar-refractivity contribution is -0.127. The van der Waals surface area contributed by atoms with Gasteiger partial charge in [0.05, 0.1) is 17.3 Å². The maximum Gasteiger partial charge on any atom is 0.254 e. The number of amides is 2. The Hall–Kier alpha value is -2.83. The summed E-state index contributed by atoms with van der Waals surface area (Å²) in [6.07, 6.45) is 6.86. The highest BCUT2D eigenvalue weighted by Gasteiger charge is 2.50. The minimum Gasteiger partial charge on any atom is -0.338 e. The van der Waals surface area contributed by atoms with Gasteiger partial charge in [-0.3, -0.25) is 14.6 Å². The molecule has 2 saturated heterocycles. The van der Waals surface area contributed by atoms with Crippen LogP contribution in [-0.2, 0) is 4.79 Å². The lowest BCUT2D eigenvalue weighted by atomic mass is 9.78. The Labute approximate surface area is 150 Å². The number of nitrogens with zero attached hydrogens (tertiary/aromatic N) is 4. The third-order valence-electron chi connectivity index (χ3n) is 5.31. The summed E-state index contributed by atoms with van der Waals surface area (Å²) in [4.78, 5) is 36.9. The molecule has 0 unspecified atom stereocenters. The average molecular weight is 354 g/mol. The van der Waals surface area contributed by atoms with E-state index in [2.05, 4.69) is 9.97 Å². The van der Waals surface area contributed by atoms with Gasteiger partial charge in [0.15, 0.2) is 0 Å². The smallest absolute Gasteiger partial charge is 0.254 e. The summed E-state index contributed by atoms with van der Waals surface area (Å²) < 4.78 is 13.3. The van der Waals surface area contributed by atoms with E-state index in [1.807, 2.05) is 12.1 Å². The molecule has 2 fully saturated rings. The van der Waals surface area contributed by atoms with Crippen molar-refractivity contribution >= 4 is 17.5 Å². The van der Waals surface area contributed by atoms with Crippen molar-refractivity contribution in [3.63, 3.8) is 0 Å². The molecule has 2 aliphatic rings. The summed E-state index contributed by atoms with van der Waals surface area (Å²) >= 11 is 0. The number of anilines is 1. The van der Waals surface area contributed by atoms with Crippen molar-refractivity contribution in [3.8, 4) is 0 Å². The molecule has 2 aromatic rings. The molecule has 0 N–H and O–H groups in total. The van der Waals surface area contributed by atoms with Gasteiger partial charge in [-0.2, -0.15) is 4.39 Å². The largest absolute Gasteiger partial charge is 0.338 e. The van der Waals surface area contributed by atoms with Crippen LogP contribution in [0.2, 0.25) is 0 Å². The predicted molar refractivity (Wildman–Crippen MR) is 93.0 cm³/mol. The third-order valence-corrected chi connectivity index (χ3v) is 5.31. The molecule has 0 saturated carbocycles. The van der Waals surface area contributed by atoms with Crippen molar-refractivity contribution in [2.45, 2.75) is 19.3 Å². The molecule has 1 spiro atoms. The molecule has 0 aromatic carbocycles. The molecule has 0 radical (unpaired) electrons. The topological polar surface area (TPSA) is 66.4 Å². The van der Waals surface area contributed by atoms with Gasteiger partial charge in [0.2, 0.25) is 11.9 Å². The highest BCUT2D eigenvalue weighted by Crippen LogP contribution is 2.42. The van der Waals surface area contributed by atoms with Gasteiger partial charge < -0.3 is 9.80 Å². The summed E-state index contributed by atoms with van der Waals surface area (Å²) in [5.74, 6) is -0.885. The summed E-state index contributed by atoms with van der Waals surface area (Å²) in [6, 6.07) is 6.32. The second kappa shape index (κ2) is 6.48. The van der Waals surface area contributed by atoms with E-state index in [-0.39, 0.29) is 17.4 Å². The van der Waals surface area contributed by atoms with Crippen LogP contribution in [0.5, 0.6) is 0 Å². The van der Waals surface area contributed by atoms with E-state index in [1.54, 1.807) is 22.2 Å². The lowest BCUT2D eigenvalue weighted by Gasteiger charge is -2.39. The molecule has 134 valence electrons. The van der Waals surface area contributed by atoms with Gasteiger partial charge in [0, 0.05) is 43.7 Å². The fourth-order valence-corrected chi connectivity index (χ4v) is 3.98. The molecule has 2 aromatic heterocycles. The summed E-state index contributed by atoms with van der Waals surface area (Å²) in [5.41, 5.74) is 0.494. The standard InChI is InChI=1S/C19H19FN4O2/c20-16-11-14(4-8-22-16)17(25)23-9-2-5-19(13-23)6-10-24(18(19)26)15-3-1-7-21-12-15/h1,3-4,7-8,11-12H,2,5-6,9-10,13H2/t19-/m0/s1. The van der Waals surface area contributed by atoms with Crippen molar-refractivity contribution in [1.82, 2.24) is 14.9 Å². The lowest BCUT2D eigenvalue weighted by Crippen LogP contribution is -2.50. The van der Waals surface area contributed by atoms with Crippen LogP contribution in [-0.4, -0.2) is 46.3 Å². The molecule has 4 heterocycles. The van der Waals surface area contributed by atoms with Crippen LogP contribution in [0.15, 0.2) is 42.9 Å². The molecule has 1 atom stereocenters. The van der Waals surface area contributed by atoms with E-state index in [1.165, 1.54) is 12.3 Å². The third kappa shape index (κ3) is 2.83. The van der Waals surface area contributed by atoms with Crippen molar-refractivity contribution in [2.75, 3.05) is 24.5 Å². The van der Waals surface area contributed by atoms with Crippen LogP contribution in [0.1, 0.15) is 29.6 Å². The maximum absolute atomic E-state index is 13.3. The Kier molecular flexibility index (Phi) is 4.14. The number of rotatable bonds is 2. The zero-order valence-electron chi connectivity index (χ0n) is 14.3. The molecule has 7 heteroatoms. The molecule has 0 aliphatic carbocycles. The van der Waals surface area contributed by atoms with E-state index in [0.717, 1.165) is 24.6 Å². The number of hydrogen-bond acceptors (Lipinski definition) is 4. The predicted octanol–water partition coefficient (Wildman–Crippen LogP) is 2.28. The Morgan fingerprint density at radius 1 is 1.19 bits per heavy atom. The molecular formula is C19H19FN4O2. The fourth-order valence-electron chi connectivity index (χ4n) is 3.98. The Balaban J connectivity index is 1.55. The van der Waals surface area contributed by atoms with Gasteiger partial charge in [0.25, 0.3) is 5.91 Å². The number of carbonyl (C=O) groups excluding carboxylic acids is 2. The minimum absolute atomic E-state index is 0.0453. The number of carbonyl (C=O) groups is 2. The van der Waals surface area contributed by atoms with Crippen molar-refractivity contribution in [1.29, 1.82) is 0 Å². The van der Waals surface area contributed by atoms with Crippen LogP contribution >= 0.6 is 0 Å². The van der Waals surface area contributed by atoms with Crippen molar-refractivity contribution in [3.05, 3.63) is 54.4 Å². The summed E-state index contributed by atoms with van der Waals surface area (Å²) in [6.45, 7) is 1.56. The number of aromatic nitrogens is 2. The maximum atomic E-state index is 13.3. The quantitative estimate of drug-likeness (QED) is 0.776. The summed E-state index contributed by atoms with van der Waals surface area (Å²) in [7, 11) is 0. The number of likely N-dealkylation sites (tertiary alicyclic amines) is 1. The van der Waals surface area contributed by atoms with Gasteiger partial charge in [-0.25, -0.2) is 4.98 Å². The molecule has 26 heavy (non-hydrogen) atoms. The normalized spacial score (nSPS) is 22.9. The van der Waals surface area contributed by atoms with Gasteiger partial charge >= 0.3 is 0 Å². The monoisotopic (exact) mass is 354 g/mol. The van der Waals surface area contributed by atoms with E-state index in [0.29, 0.717) is 26.1 Å². The van der Waals surface area contributed by atoms with Crippen molar-refractivity contribution < 1.29 is 14.0 Å². The van der Waals surface area contributed by atoms with Crippen LogP contribution < -0.4 is 4.90 Å². The van der Waals surface area contributed by atoms with Crippen LogP contribution in [0, 0.1) is 11.4 Å². The first-order chi connectivity index (χ1) is 12.6. The second-order valence-electron chi connectivity index (χ2n) is 6.90. The van der Waals surface area contributed by atoms with Crippen LogP contribution in [0.25, 0.3) is 0 Å². The van der Waals surface area contributed by atoms with E-state index >= 15 is 0 Å². The minimum atomic E-state index is -0.678. The number of hydrogen-bond donors (Lipinski definition) is 0. The number of halogens is 1. The second-order valence-corrected chi connectivity index (χ2v) is 6.90. The zero-order chi connectivity index (χ0) is 18.1. The van der Waals surface area contributed by atoms with Gasteiger partial charge in [-0.15, -0.1) is 0 Å². The summed E-state index contributed by atoms with van der Waals surface area (Å²) in [5, 5.41) is 0. The average Bonchev–Trinajstić information content (AvgIpc) is 2.98. The Bertz CT molecular complexity index is 844. The fraction of sp³-hybridized carbons (Fsp3) is 0.368. The van der Waals surface area contributed by atoms with E-state index in [9.17, 15) is 14.0 Å². The first-order valence-electron chi connectivity index (χ1n) is 8.72. The first-order valence-corrected chi connectivity index (χ1v) is 8.72.